The predicted octanol–water partition coefficient (Wildman–Crippen LogP) is 3.00. The second kappa shape index (κ2) is 6.16. The van der Waals surface area contributed by atoms with Gasteiger partial charge in [-0.05, 0) is 12.8 Å². The third kappa shape index (κ3) is 3.07. The van der Waals surface area contributed by atoms with Crippen molar-refractivity contribution in [3.8, 4) is 11.3 Å². The van der Waals surface area contributed by atoms with Crippen LogP contribution >= 0.6 is 11.3 Å². The van der Waals surface area contributed by atoms with Crippen LogP contribution in [0, 0.1) is 0 Å². The fraction of sp³-hybridized carbons (Fsp3) is 0.294. The standard InChI is InChI=1S/C17H17N5OS/c1-22-16(12-7-8-12)20-21-17(22)19-14(23)9-15-18-13(10-24-15)11-5-3-2-4-6-11/h2-6,10,12H,7-9H2,1H3,(H,19,21,23). The van der Waals surface area contributed by atoms with Gasteiger partial charge >= 0.3 is 0 Å². The topological polar surface area (TPSA) is 72.7 Å². The summed E-state index contributed by atoms with van der Waals surface area (Å²) in [4.78, 5) is 16.8. The molecule has 4 rings (SSSR count). The Morgan fingerprint density at radius 1 is 1.29 bits per heavy atom. The van der Waals surface area contributed by atoms with Gasteiger partial charge in [0.1, 0.15) is 10.8 Å². The van der Waals surface area contributed by atoms with Gasteiger partial charge in [-0.2, -0.15) is 0 Å². The van der Waals surface area contributed by atoms with Gasteiger partial charge < -0.3 is 4.57 Å². The third-order valence-corrected chi connectivity index (χ3v) is 4.88. The zero-order chi connectivity index (χ0) is 16.5. The lowest BCUT2D eigenvalue weighted by Gasteiger charge is -2.04. The molecule has 0 aliphatic heterocycles. The van der Waals surface area contributed by atoms with Crippen molar-refractivity contribution in [1.29, 1.82) is 0 Å². The van der Waals surface area contributed by atoms with Gasteiger partial charge in [0, 0.05) is 23.9 Å². The number of anilines is 1. The van der Waals surface area contributed by atoms with Crippen LogP contribution in [0.15, 0.2) is 35.7 Å². The molecule has 1 amide bonds. The van der Waals surface area contributed by atoms with Crippen LogP contribution in [0.3, 0.4) is 0 Å². The van der Waals surface area contributed by atoms with Gasteiger partial charge in [-0.15, -0.1) is 21.5 Å². The Morgan fingerprint density at radius 3 is 2.83 bits per heavy atom. The summed E-state index contributed by atoms with van der Waals surface area (Å²) in [5.74, 6) is 1.83. The third-order valence-electron chi connectivity index (χ3n) is 4.04. The SMILES string of the molecule is Cn1c(NC(=O)Cc2nc(-c3ccccc3)cs2)nnc1C1CC1. The lowest BCUT2D eigenvalue weighted by atomic mass is 10.2. The van der Waals surface area contributed by atoms with E-state index in [2.05, 4.69) is 20.5 Å². The van der Waals surface area contributed by atoms with Gasteiger partial charge in [0.15, 0.2) is 0 Å². The predicted molar refractivity (Wildman–Crippen MR) is 92.9 cm³/mol. The van der Waals surface area contributed by atoms with Crippen molar-refractivity contribution in [2.75, 3.05) is 5.32 Å². The average Bonchev–Trinajstić information content (AvgIpc) is 3.22. The average molecular weight is 339 g/mol. The van der Waals surface area contributed by atoms with Crippen molar-refractivity contribution in [3.05, 3.63) is 46.5 Å². The monoisotopic (exact) mass is 339 g/mol. The Labute approximate surface area is 143 Å². The number of aromatic nitrogens is 4. The van der Waals surface area contributed by atoms with Crippen molar-refractivity contribution in [1.82, 2.24) is 19.7 Å². The first-order valence-electron chi connectivity index (χ1n) is 7.89. The zero-order valence-electron chi connectivity index (χ0n) is 13.3. The summed E-state index contributed by atoms with van der Waals surface area (Å²) < 4.78 is 1.87. The number of benzene rings is 1. The first-order valence-corrected chi connectivity index (χ1v) is 8.77. The second-order valence-corrected chi connectivity index (χ2v) is 6.88. The Morgan fingerprint density at radius 2 is 2.08 bits per heavy atom. The molecule has 0 spiro atoms. The summed E-state index contributed by atoms with van der Waals surface area (Å²) in [5, 5.41) is 13.8. The molecule has 1 saturated carbocycles. The summed E-state index contributed by atoms with van der Waals surface area (Å²) >= 11 is 1.49. The molecule has 2 heterocycles. The molecule has 0 unspecified atom stereocenters. The normalized spacial score (nSPS) is 13.9. The van der Waals surface area contributed by atoms with Crippen molar-refractivity contribution >= 4 is 23.2 Å². The highest BCUT2D eigenvalue weighted by molar-refractivity contribution is 7.10. The number of thiazole rings is 1. The number of carbonyl (C=O) groups is 1. The summed E-state index contributed by atoms with van der Waals surface area (Å²) in [6.45, 7) is 0. The minimum atomic E-state index is -0.123. The molecule has 1 aliphatic rings. The van der Waals surface area contributed by atoms with E-state index in [-0.39, 0.29) is 12.3 Å². The number of hydrogen-bond donors (Lipinski definition) is 1. The fourth-order valence-corrected chi connectivity index (χ4v) is 3.39. The molecule has 0 bridgehead atoms. The molecule has 1 fully saturated rings. The number of nitrogens with zero attached hydrogens (tertiary/aromatic N) is 4. The van der Waals surface area contributed by atoms with Gasteiger partial charge in [0.2, 0.25) is 11.9 Å². The maximum Gasteiger partial charge on any atom is 0.233 e. The Hall–Kier alpha value is -2.54. The molecule has 122 valence electrons. The highest BCUT2D eigenvalue weighted by atomic mass is 32.1. The van der Waals surface area contributed by atoms with Crippen molar-refractivity contribution in [3.63, 3.8) is 0 Å². The molecule has 0 saturated heterocycles. The smallest absolute Gasteiger partial charge is 0.233 e. The Kier molecular flexibility index (Phi) is 3.86. The largest absolute Gasteiger partial charge is 0.300 e. The molecule has 1 N–H and O–H groups in total. The minimum absolute atomic E-state index is 0.123. The molecule has 0 radical (unpaired) electrons. The van der Waals surface area contributed by atoms with E-state index in [1.54, 1.807) is 0 Å². The molecule has 3 aromatic rings. The number of carbonyl (C=O) groups excluding carboxylic acids is 1. The lowest BCUT2D eigenvalue weighted by Crippen LogP contribution is -2.17. The van der Waals surface area contributed by atoms with Gasteiger partial charge in [-0.25, -0.2) is 4.98 Å². The van der Waals surface area contributed by atoms with Crippen LogP contribution in [0.5, 0.6) is 0 Å². The molecule has 6 nitrogen and oxygen atoms in total. The van der Waals surface area contributed by atoms with Gasteiger partial charge in [-0.3, -0.25) is 10.1 Å². The van der Waals surface area contributed by atoms with Crippen LogP contribution in [0.2, 0.25) is 0 Å². The van der Waals surface area contributed by atoms with E-state index in [9.17, 15) is 4.79 Å². The van der Waals surface area contributed by atoms with Crippen LogP contribution in [0.1, 0.15) is 29.6 Å². The van der Waals surface area contributed by atoms with Crippen LogP contribution < -0.4 is 5.32 Å². The van der Waals surface area contributed by atoms with Gasteiger partial charge in [0.05, 0.1) is 12.1 Å². The summed E-state index contributed by atoms with van der Waals surface area (Å²) in [6, 6.07) is 9.95. The number of hydrogen-bond acceptors (Lipinski definition) is 5. The van der Waals surface area contributed by atoms with Crippen LogP contribution in [0.4, 0.5) is 5.95 Å². The lowest BCUT2D eigenvalue weighted by molar-refractivity contribution is -0.115. The van der Waals surface area contributed by atoms with Gasteiger partial charge in [-0.1, -0.05) is 30.3 Å². The molecule has 2 aromatic heterocycles. The Bertz CT molecular complexity index is 866. The van der Waals surface area contributed by atoms with E-state index in [1.165, 1.54) is 11.3 Å². The molecular weight excluding hydrogens is 322 g/mol. The number of rotatable bonds is 5. The van der Waals surface area contributed by atoms with Crippen LogP contribution in [-0.4, -0.2) is 25.7 Å². The van der Waals surface area contributed by atoms with Crippen molar-refractivity contribution < 1.29 is 4.79 Å². The summed E-state index contributed by atoms with van der Waals surface area (Å²) in [6.07, 6.45) is 2.55. The van der Waals surface area contributed by atoms with E-state index >= 15 is 0 Å². The van der Waals surface area contributed by atoms with Crippen molar-refractivity contribution in [2.24, 2.45) is 7.05 Å². The summed E-state index contributed by atoms with van der Waals surface area (Å²) in [7, 11) is 1.89. The minimum Gasteiger partial charge on any atom is -0.300 e. The van der Waals surface area contributed by atoms with E-state index < -0.39 is 0 Å². The highest BCUT2D eigenvalue weighted by Crippen LogP contribution is 2.39. The van der Waals surface area contributed by atoms with Crippen LogP contribution in [-0.2, 0) is 18.3 Å². The maximum atomic E-state index is 12.2. The zero-order valence-corrected chi connectivity index (χ0v) is 14.1. The molecule has 24 heavy (non-hydrogen) atoms. The van der Waals surface area contributed by atoms with Gasteiger partial charge in [0.25, 0.3) is 0 Å². The molecule has 7 heteroatoms. The summed E-state index contributed by atoms with van der Waals surface area (Å²) in [5.41, 5.74) is 1.96. The molecule has 0 atom stereocenters. The van der Waals surface area contributed by atoms with Crippen molar-refractivity contribution in [2.45, 2.75) is 25.2 Å². The van der Waals surface area contributed by atoms with Crippen LogP contribution in [0.25, 0.3) is 11.3 Å². The van der Waals surface area contributed by atoms with E-state index in [4.69, 9.17) is 0 Å². The fourth-order valence-electron chi connectivity index (χ4n) is 2.59. The second-order valence-electron chi connectivity index (χ2n) is 5.93. The first-order chi connectivity index (χ1) is 11.7. The van der Waals surface area contributed by atoms with E-state index in [0.29, 0.717) is 11.9 Å². The molecule has 1 aliphatic carbocycles. The quantitative estimate of drug-likeness (QED) is 0.775. The van der Waals surface area contributed by atoms with E-state index in [0.717, 1.165) is 34.9 Å². The maximum absolute atomic E-state index is 12.2. The highest BCUT2D eigenvalue weighted by Gasteiger charge is 2.29. The molecular formula is C17H17N5OS. The number of amides is 1. The molecule has 1 aromatic carbocycles. The van der Waals surface area contributed by atoms with E-state index in [1.807, 2.05) is 47.3 Å². The number of nitrogens with one attached hydrogen (secondary N) is 1. The Balaban J connectivity index is 1.42. The first kappa shape index (κ1) is 15.0.